The van der Waals surface area contributed by atoms with Gasteiger partial charge in [0.15, 0.2) is 0 Å². The lowest BCUT2D eigenvalue weighted by Gasteiger charge is -2.39. The number of piperidine rings is 1. The zero-order valence-corrected chi connectivity index (χ0v) is 17.9. The van der Waals surface area contributed by atoms with E-state index >= 15 is 0 Å². The molecule has 2 saturated heterocycles. The van der Waals surface area contributed by atoms with E-state index in [9.17, 15) is 9.59 Å². The Labute approximate surface area is 179 Å². The quantitative estimate of drug-likeness (QED) is 0.737. The van der Waals surface area contributed by atoms with Crippen molar-refractivity contribution in [3.8, 4) is 0 Å². The molecule has 3 fully saturated rings. The molecule has 29 heavy (non-hydrogen) atoms. The molecule has 0 spiro atoms. The number of benzene rings is 1. The number of piperazine rings is 1. The van der Waals surface area contributed by atoms with Crippen LogP contribution in [0.5, 0.6) is 0 Å². The number of hydrogen-bond acceptors (Lipinski definition) is 3. The van der Waals surface area contributed by atoms with Gasteiger partial charge in [-0.3, -0.25) is 14.5 Å². The Morgan fingerprint density at radius 3 is 2.38 bits per heavy atom. The maximum atomic E-state index is 13.1. The summed E-state index contributed by atoms with van der Waals surface area (Å²) in [7, 11) is 0. The third-order valence-electron chi connectivity index (χ3n) is 6.81. The number of carbonyl (C=O) groups is 2. The third-order valence-corrected chi connectivity index (χ3v) is 7.06. The molecule has 1 aromatic carbocycles. The smallest absolute Gasteiger partial charge is 0.227 e. The van der Waals surface area contributed by atoms with Gasteiger partial charge in [0.1, 0.15) is 0 Å². The molecule has 3 aliphatic rings. The van der Waals surface area contributed by atoms with Gasteiger partial charge in [0.05, 0.1) is 5.92 Å². The highest BCUT2D eigenvalue weighted by molar-refractivity contribution is 6.30. The van der Waals surface area contributed by atoms with E-state index < -0.39 is 0 Å². The second-order valence-electron chi connectivity index (χ2n) is 8.91. The summed E-state index contributed by atoms with van der Waals surface area (Å²) in [5.41, 5.74) is 1.05. The van der Waals surface area contributed by atoms with Crippen LogP contribution in [-0.2, 0) is 16.1 Å². The first-order valence-corrected chi connectivity index (χ1v) is 11.5. The summed E-state index contributed by atoms with van der Waals surface area (Å²) in [5.74, 6) is 1.17. The predicted octanol–water partition coefficient (Wildman–Crippen LogP) is 3.41. The molecular weight excluding hydrogens is 386 g/mol. The largest absolute Gasteiger partial charge is 0.340 e. The van der Waals surface area contributed by atoms with Gasteiger partial charge in [0.25, 0.3) is 0 Å². The standard InChI is InChI=1S/C23H32ClN3O2/c24-21-8-5-19(6-9-21)16-27-17-20(7-10-22(27)28)23(29)26-13-11-25(12-14-26)15-18-3-1-2-4-18/h5-6,8-9,18,20H,1-4,7,10-17H2. The van der Waals surface area contributed by atoms with E-state index in [0.29, 0.717) is 31.0 Å². The number of amides is 2. The van der Waals surface area contributed by atoms with E-state index in [-0.39, 0.29) is 17.7 Å². The number of likely N-dealkylation sites (tertiary alicyclic amines) is 1. The van der Waals surface area contributed by atoms with Gasteiger partial charge in [-0.1, -0.05) is 36.6 Å². The molecule has 158 valence electrons. The fourth-order valence-corrected chi connectivity index (χ4v) is 5.17. The summed E-state index contributed by atoms with van der Waals surface area (Å²) < 4.78 is 0. The van der Waals surface area contributed by atoms with E-state index in [1.54, 1.807) is 0 Å². The van der Waals surface area contributed by atoms with E-state index in [4.69, 9.17) is 11.6 Å². The second-order valence-corrected chi connectivity index (χ2v) is 9.35. The zero-order valence-electron chi connectivity index (χ0n) is 17.2. The van der Waals surface area contributed by atoms with Gasteiger partial charge in [0.2, 0.25) is 11.8 Å². The van der Waals surface area contributed by atoms with Crippen LogP contribution in [0.15, 0.2) is 24.3 Å². The lowest BCUT2D eigenvalue weighted by Crippen LogP contribution is -2.53. The Bertz CT molecular complexity index is 709. The summed E-state index contributed by atoms with van der Waals surface area (Å²) in [6.45, 7) is 5.91. The molecule has 2 amide bonds. The van der Waals surface area contributed by atoms with Crippen LogP contribution < -0.4 is 0 Å². The lowest BCUT2D eigenvalue weighted by atomic mass is 9.95. The van der Waals surface area contributed by atoms with E-state index in [1.807, 2.05) is 34.1 Å². The van der Waals surface area contributed by atoms with Gasteiger partial charge in [-0.15, -0.1) is 0 Å². The van der Waals surface area contributed by atoms with Crippen LogP contribution in [0, 0.1) is 11.8 Å². The van der Waals surface area contributed by atoms with Crippen LogP contribution in [0.25, 0.3) is 0 Å². The molecule has 0 bridgehead atoms. The van der Waals surface area contributed by atoms with Gasteiger partial charge in [-0.05, 0) is 42.9 Å². The highest BCUT2D eigenvalue weighted by Crippen LogP contribution is 2.26. The number of carbonyl (C=O) groups excluding carboxylic acids is 2. The van der Waals surface area contributed by atoms with Crippen molar-refractivity contribution in [1.82, 2.24) is 14.7 Å². The summed E-state index contributed by atoms with van der Waals surface area (Å²) in [5, 5.41) is 0.693. The SMILES string of the molecule is O=C1CCC(C(=O)N2CCN(CC3CCCC3)CC2)CN1Cc1ccc(Cl)cc1. The van der Waals surface area contributed by atoms with E-state index in [1.165, 1.54) is 32.2 Å². The molecule has 2 aliphatic heterocycles. The highest BCUT2D eigenvalue weighted by atomic mass is 35.5. The molecular formula is C23H32ClN3O2. The van der Waals surface area contributed by atoms with Crippen molar-refractivity contribution >= 4 is 23.4 Å². The van der Waals surface area contributed by atoms with E-state index in [0.717, 1.165) is 37.7 Å². The maximum absolute atomic E-state index is 13.1. The molecule has 1 unspecified atom stereocenters. The van der Waals surface area contributed by atoms with Crippen molar-refractivity contribution < 1.29 is 9.59 Å². The summed E-state index contributed by atoms with van der Waals surface area (Å²) in [6, 6.07) is 7.59. The van der Waals surface area contributed by atoms with Gasteiger partial charge >= 0.3 is 0 Å². The minimum atomic E-state index is -0.0682. The number of rotatable bonds is 5. The fourth-order valence-electron chi connectivity index (χ4n) is 5.05. The first kappa shape index (κ1) is 20.7. The van der Waals surface area contributed by atoms with Crippen LogP contribution in [0.2, 0.25) is 5.02 Å². The van der Waals surface area contributed by atoms with Crippen molar-refractivity contribution in [2.24, 2.45) is 11.8 Å². The molecule has 1 atom stereocenters. The molecule has 4 rings (SSSR count). The molecule has 1 saturated carbocycles. The maximum Gasteiger partial charge on any atom is 0.227 e. The Kier molecular flexibility index (Phi) is 6.76. The summed E-state index contributed by atoms with van der Waals surface area (Å²) in [4.78, 5) is 31.9. The average Bonchev–Trinajstić information content (AvgIpc) is 3.24. The fraction of sp³-hybridized carbons (Fsp3) is 0.652. The van der Waals surface area contributed by atoms with Gasteiger partial charge in [0, 0.05) is 57.3 Å². The number of halogens is 1. The van der Waals surface area contributed by atoms with Gasteiger partial charge in [-0.2, -0.15) is 0 Å². The lowest BCUT2D eigenvalue weighted by molar-refractivity contribution is -0.144. The molecule has 0 aromatic heterocycles. The Morgan fingerprint density at radius 2 is 1.69 bits per heavy atom. The topological polar surface area (TPSA) is 43.9 Å². The molecule has 0 radical (unpaired) electrons. The predicted molar refractivity (Wildman–Crippen MR) is 115 cm³/mol. The minimum absolute atomic E-state index is 0.0682. The van der Waals surface area contributed by atoms with E-state index in [2.05, 4.69) is 4.90 Å². The van der Waals surface area contributed by atoms with Crippen molar-refractivity contribution in [3.63, 3.8) is 0 Å². The number of nitrogens with zero attached hydrogens (tertiary/aromatic N) is 3. The van der Waals surface area contributed by atoms with Crippen LogP contribution in [0.3, 0.4) is 0 Å². The van der Waals surface area contributed by atoms with Crippen LogP contribution >= 0.6 is 11.6 Å². The second kappa shape index (κ2) is 9.48. The third kappa shape index (κ3) is 5.32. The highest BCUT2D eigenvalue weighted by Gasteiger charge is 2.34. The Morgan fingerprint density at radius 1 is 1.00 bits per heavy atom. The monoisotopic (exact) mass is 417 g/mol. The molecule has 6 heteroatoms. The van der Waals surface area contributed by atoms with Crippen LogP contribution in [0.1, 0.15) is 44.1 Å². The minimum Gasteiger partial charge on any atom is -0.340 e. The van der Waals surface area contributed by atoms with Crippen molar-refractivity contribution in [2.45, 2.75) is 45.1 Å². The van der Waals surface area contributed by atoms with Crippen LogP contribution in [-0.4, -0.2) is 65.8 Å². The van der Waals surface area contributed by atoms with Crippen molar-refractivity contribution in [1.29, 1.82) is 0 Å². The van der Waals surface area contributed by atoms with Gasteiger partial charge < -0.3 is 9.80 Å². The normalized spacial score (nSPS) is 24.3. The Balaban J connectivity index is 1.28. The average molecular weight is 418 g/mol. The molecule has 1 aliphatic carbocycles. The molecule has 1 aromatic rings. The summed E-state index contributed by atoms with van der Waals surface area (Å²) >= 11 is 5.96. The first-order chi connectivity index (χ1) is 14.1. The summed E-state index contributed by atoms with van der Waals surface area (Å²) in [6.07, 6.45) is 6.66. The van der Waals surface area contributed by atoms with Crippen molar-refractivity contribution in [3.05, 3.63) is 34.9 Å². The number of hydrogen-bond donors (Lipinski definition) is 0. The first-order valence-electron chi connectivity index (χ1n) is 11.1. The van der Waals surface area contributed by atoms with Crippen LogP contribution in [0.4, 0.5) is 0 Å². The molecule has 5 nitrogen and oxygen atoms in total. The molecule has 2 heterocycles. The zero-order chi connectivity index (χ0) is 20.2. The Hall–Kier alpha value is -1.59. The van der Waals surface area contributed by atoms with Crippen molar-refractivity contribution in [2.75, 3.05) is 39.3 Å². The molecule has 0 N–H and O–H groups in total. The van der Waals surface area contributed by atoms with Gasteiger partial charge in [-0.25, -0.2) is 0 Å².